The van der Waals surface area contributed by atoms with Gasteiger partial charge >= 0.3 is 0 Å². The van der Waals surface area contributed by atoms with Gasteiger partial charge in [-0.05, 0) is 62.1 Å². The average Bonchev–Trinajstić information content (AvgIpc) is 3.58. The number of ether oxygens (including phenoxy) is 2. The second kappa shape index (κ2) is 8.56. The molecule has 1 aromatic carbocycles. The molecule has 1 spiro atoms. The zero-order valence-electron chi connectivity index (χ0n) is 17.7. The summed E-state index contributed by atoms with van der Waals surface area (Å²) >= 11 is 0. The molecule has 6 heteroatoms. The molecule has 5 rings (SSSR count). The fourth-order valence-corrected chi connectivity index (χ4v) is 5.55. The van der Waals surface area contributed by atoms with E-state index in [9.17, 15) is 9.18 Å². The number of likely N-dealkylation sites (tertiary alicyclic amines) is 2. The van der Waals surface area contributed by atoms with Crippen LogP contribution in [-0.2, 0) is 20.7 Å². The Kier molecular flexibility index (Phi) is 5.82. The highest BCUT2D eigenvalue weighted by atomic mass is 19.1. The Labute approximate surface area is 178 Å². The summed E-state index contributed by atoms with van der Waals surface area (Å²) in [6, 6.07) is 6.89. The fourth-order valence-electron chi connectivity index (χ4n) is 5.55. The van der Waals surface area contributed by atoms with Gasteiger partial charge in [-0.3, -0.25) is 9.69 Å². The molecular weight excluding hydrogens is 383 g/mol. The van der Waals surface area contributed by atoms with Crippen LogP contribution in [0.4, 0.5) is 4.39 Å². The van der Waals surface area contributed by atoms with Gasteiger partial charge in [-0.2, -0.15) is 0 Å². The van der Waals surface area contributed by atoms with E-state index in [0.29, 0.717) is 12.1 Å². The Bertz CT molecular complexity index is 755. The van der Waals surface area contributed by atoms with Gasteiger partial charge in [0.1, 0.15) is 5.82 Å². The third kappa shape index (κ3) is 4.14. The van der Waals surface area contributed by atoms with Gasteiger partial charge in [-0.25, -0.2) is 4.39 Å². The highest BCUT2D eigenvalue weighted by molar-refractivity contribution is 5.78. The second-order valence-electron chi connectivity index (χ2n) is 9.55. The SMILES string of the molecule is O=C(Cc1cccc(F)c1)N1CCC(N2CC(OCC3CC3)C23CCOCC3)CC1. The first kappa shape index (κ1) is 20.4. The van der Waals surface area contributed by atoms with E-state index < -0.39 is 0 Å². The first-order chi connectivity index (χ1) is 14.6. The van der Waals surface area contributed by atoms with Gasteiger partial charge in [0.2, 0.25) is 5.91 Å². The minimum absolute atomic E-state index is 0.106. The van der Waals surface area contributed by atoms with Crippen LogP contribution in [0.5, 0.6) is 0 Å². The normalized spacial score (nSPS) is 27.2. The number of benzene rings is 1. The van der Waals surface area contributed by atoms with Crippen molar-refractivity contribution in [3.63, 3.8) is 0 Å². The summed E-state index contributed by atoms with van der Waals surface area (Å²) in [7, 11) is 0. The summed E-state index contributed by atoms with van der Waals surface area (Å²) in [6.07, 6.45) is 7.41. The Morgan fingerprint density at radius 3 is 2.63 bits per heavy atom. The number of carbonyl (C=O) groups excluding carboxylic acids is 1. The molecule has 1 aliphatic carbocycles. The predicted octanol–water partition coefficient (Wildman–Crippen LogP) is 3.02. The van der Waals surface area contributed by atoms with Crippen LogP contribution in [0.3, 0.4) is 0 Å². The summed E-state index contributed by atoms with van der Waals surface area (Å²) in [6.45, 7) is 5.17. The number of halogens is 1. The molecule has 4 aliphatic rings. The van der Waals surface area contributed by atoms with Crippen LogP contribution in [0.25, 0.3) is 0 Å². The van der Waals surface area contributed by atoms with Crippen LogP contribution in [0, 0.1) is 11.7 Å². The number of nitrogens with zero attached hydrogens (tertiary/aromatic N) is 2. The van der Waals surface area contributed by atoms with Crippen molar-refractivity contribution >= 4 is 5.91 Å². The molecule has 0 radical (unpaired) electrons. The molecule has 1 amide bonds. The quantitative estimate of drug-likeness (QED) is 0.715. The lowest BCUT2D eigenvalue weighted by atomic mass is 9.73. The van der Waals surface area contributed by atoms with Gasteiger partial charge in [0.15, 0.2) is 0 Å². The molecule has 1 saturated carbocycles. The van der Waals surface area contributed by atoms with E-state index in [2.05, 4.69) is 4.90 Å². The zero-order chi connectivity index (χ0) is 20.6. The molecule has 1 unspecified atom stereocenters. The van der Waals surface area contributed by atoms with E-state index in [1.807, 2.05) is 11.0 Å². The number of piperidine rings is 1. The Morgan fingerprint density at radius 2 is 1.93 bits per heavy atom. The van der Waals surface area contributed by atoms with Crippen molar-refractivity contribution in [2.24, 2.45) is 5.92 Å². The second-order valence-corrected chi connectivity index (χ2v) is 9.55. The van der Waals surface area contributed by atoms with Crippen molar-refractivity contribution < 1.29 is 18.7 Å². The number of rotatable bonds is 6. The first-order valence-corrected chi connectivity index (χ1v) is 11.6. The molecular formula is C24H33FN2O3. The maximum atomic E-state index is 13.4. The van der Waals surface area contributed by atoms with Crippen molar-refractivity contribution in [3.05, 3.63) is 35.6 Å². The molecule has 30 heavy (non-hydrogen) atoms. The standard InChI is InChI=1S/C24H33FN2O3/c25-20-3-1-2-19(14-20)15-23(28)26-10-6-21(7-11-26)27-16-22(30-17-18-4-5-18)24(27)8-12-29-13-9-24/h1-3,14,18,21-22H,4-13,15-17H2. The third-order valence-corrected chi connectivity index (χ3v) is 7.62. The lowest BCUT2D eigenvalue weighted by Gasteiger charge is -2.63. The maximum Gasteiger partial charge on any atom is 0.226 e. The molecule has 0 N–H and O–H groups in total. The van der Waals surface area contributed by atoms with E-state index in [-0.39, 0.29) is 23.7 Å². The number of carbonyl (C=O) groups is 1. The predicted molar refractivity (Wildman–Crippen MR) is 112 cm³/mol. The molecule has 3 saturated heterocycles. The smallest absolute Gasteiger partial charge is 0.226 e. The molecule has 1 atom stereocenters. The van der Waals surface area contributed by atoms with E-state index in [4.69, 9.17) is 9.47 Å². The van der Waals surface area contributed by atoms with Crippen LogP contribution in [-0.4, -0.2) is 72.8 Å². The van der Waals surface area contributed by atoms with Crippen LogP contribution in [0.15, 0.2) is 24.3 Å². The Morgan fingerprint density at radius 1 is 1.17 bits per heavy atom. The molecule has 1 aromatic rings. The van der Waals surface area contributed by atoms with Crippen LogP contribution in [0.1, 0.15) is 44.1 Å². The zero-order valence-corrected chi connectivity index (χ0v) is 17.7. The van der Waals surface area contributed by atoms with E-state index in [0.717, 1.165) is 76.6 Å². The number of hydrogen-bond donors (Lipinski definition) is 0. The molecule has 0 bridgehead atoms. The molecule has 3 aliphatic heterocycles. The molecule has 4 fully saturated rings. The van der Waals surface area contributed by atoms with Crippen molar-refractivity contribution in [3.8, 4) is 0 Å². The monoisotopic (exact) mass is 416 g/mol. The van der Waals surface area contributed by atoms with E-state index >= 15 is 0 Å². The average molecular weight is 417 g/mol. The lowest BCUT2D eigenvalue weighted by molar-refractivity contribution is -0.217. The van der Waals surface area contributed by atoms with Crippen molar-refractivity contribution in [1.82, 2.24) is 9.80 Å². The highest BCUT2D eigenvalue weighted by Crippen LogP contribution is 2.45. The van der Waals surface area contributed by atoms with Gasteiger partial charge in [0, 0.05) is 45.5 Å². The number of hydrogen-bond acceptors (Lipinski definition) is 4. The summed E-state index contributed by atoms with van der Waals surface area (Å²) in [5, 5.41) is 0. The first-order valence-electron chi connectivity index (χ1n) is 11.6. The largest absolute Gasteiger partial charge is 0.381 e. The fraction of sp³-hybridized carbons (Fsp3) is 0.708. The van der Waals surface area contributed by atoms with Gasteiger partial charge in [0.05, 0.1) is 18.1 Å². The molecule has 3 heterocycles. The van der Waals surface area contributed by atoms with Gasteiger partial charge in [0.25, 0.3) is 0 Å². The summed E-state index contributed by atoms with van der Waals surface area (Å²) in [4.78, 5) is 17.3. The summed E-state index contributed by atoms with van der Waals surface area (Å²) in [5.74, 6) is 0.620. The van der Waals surface area contributed by atoms with Gasteiger partial charge in [-0.15, -0.1) is 0 Å². The van der Waals surface area contributed by atoms with Crippen molar-refractivity contribution in [2.45, 2.75) is 62.6 Å². The summed E-state index contributed by atoms with van der Waals surface area (Å²) < 4.78 is 25.4. The maximum absolute atomic E-state index is 13.4. The topological polar surface area (TPSA) is 42.0 Å². The lowest BCUT2D eigenvalue weighted by Crippen LogP contribution is -2.76. The van der Waals surface area contributed by atoms with Gasteiger partial charge in [-0.1, -0.05) is 12.1 Å². The highest BCUT2D eigenvalue weighted by Gasteiger charge is 2.57. The summed E-state index contributed by atoms with van der Waals surface area (Å²) in [5.41, 5.74) is 0.896. The third-order valence-electron chi connectivity index (χ3n) is 7.62. The van der Waals surface area contributed by atoms with Crippen LogP contribution >= 0.6 is 0 Å². The van der Waals surface area contributed by atoms with Gasteiger partial charge < -0.3 is 14.4 Å². The minimum Gasteiger partial charge on any atom is -0.381 e. The Hall–Kier alpha value is -1.50. The minimum atomic E-state index is -0.281. The van der Waals surface area contributed by atoms with Crippen LogP contribution in [0.2, 0.25) is 0 Å². The molecule has 0 aromatic heterocycles. The van der Waals surface area contributed by atoms with Crippen molar-refractivity contribution in [2.75, 3.05) is 39.5 Å². The Balaban J connectivity index is 1.16. The number of amides is 1. The molecule has 5 nitrogen and oxygen atoms in total. The van der Waals surface area contributed by atoms with Crippen LogP contribution < -0.4 is 0 Å². The van der Waals surface area contributed by atoms with E-state index in [1.165, 1.54) is 25.0 Å². The molecule has 164 valence electrons. The van der Waals surface area contributed by atoms with Crippen molar-refractivity contribution in [1.29, 1.82) is 0 Å². The van der Waals surface area contributed by atoms with E-state index in [1.54, 1.807) is 6.07 Å².